The van der Waals surface area contributed by atoms with E-state index in [9.17, 15) is 4.79 Å². The molecule has 4 fully saturated rings. The first-order valence-corrected chi connectivity index (χ1v) is 9.33. The molecule has 0 radical (unpaired) electrons. The fourth-order valence-electron chi connectivity index (χ4n) is 6.06. The number of nitrogens with one attached hydrogen (secondary N) is 1. The summed E-state index contributed by atoms with van der Waals surface area (Å²) in [5, 5.41) is 4.30. The number of hydrogen-bond acceptors (Lipinski definition) is 2. The Labute approximate surface area is 142 Å². The first-order valence-electron chi connectivity index (χ1n) is 9.33. The second-order valence-corrected chi connectivity index (χ2v) is 8.49. The molecule has 1 aromatic heterocycles. The Morgan fingerprint density at radius 2 is 1.67 bits per heavy atom. The van der Waals surface area contributed by atoms with E-state index >= 15 is 0 Å². The Balaban J connectivity index is 1.31. The summed E-state index contributed by atoms with van der Waals surface area (Å²) in [5.74, 6) is 2.75. The molecular weight excluding hydrogens is 296 g/mol. The summed E-state index contributed by atoms with van der Waals surface area (Å²) in [4.78, 5) is 17.1. The molecule has 24 heavy (non-hydrogen) atoms. The van der Waals surface area contributed by atoms with Gasteiger partial charge in [0, 0.05) is 11.9 Å². The van der Waals surface area contributed by atoms with Gasteiger partial charge in [0.25, 0.3) is 5.91 Å². The number of pyridine rings is 1. The van der Waals surface area contributed by atoms with Gasteiger partial charge >= 0.3 is 0 Å². The van der Waals surface area contributed by atoms with Crippen molar-refractivity contribution >= 4 is 16.8 Å². The third kappa shape index (κ3) is 2.42. The van der Waals surface area contributed by atoms with Gasteiger partial charge in [-0.3, -0.25) is 4.79 Å². The molecule has 1 aromatic carbocycles. The highest BCUT2D eigenvalue weighted by molar-refractivity contribution is 5.94. The van der Waals surface area contributed by atoms with E-state index < -0.39 is 0 Å². The van der Waals surface area contributed by atoms with Crippen molar-refractivity contribution in [2.75, 3.05) is 6.54 Å². The molecule has 2 aromatic rings. The van der Waals surface area contributed by atoms with Crippen LogP contribution in [-0.4, -0.2) is 17.4 Å². The molecule has 1 amide bonds. The van der Waals surface area contributed by atoms with Crippen molar-refractivity contribution in [3.8, 4) is 0 Å². The van der Waals surface area contributed by atoms with Crippen LogP contribution in [-0.2, 0) is 0 Å². The van der Waals surface area contributed by atoms with Gasteiger partial charge in [0.1, 0.15) is 5.69 Å². The molecule has 4 saturated carbocycles. The van der Waals surface area contributed by atoms with Crippen LogP contribution in [0, 0.1) is 23.2 Å². The molecule has 3 heteroatoms. The smallest absolute Gasteiger partial charge is 0.269 e. The second-order valence-electron chi connectivity index (χ2n) is 8.49. The van der Waals surface area contributed by atoms with Crippen molar-refractivity contribution in [3.63, 3.8) is 0 Å². The predicted molar refractivity (Wildman–Crippen MR) is 94.7 cm³/mol. The van der Waals surface area contributed by atoms with Crippen LogP contribution in [0.4, 0.5) is 0 Å². The number of carbonyl (C=O) groups is 1. The third-order valence-corrected chi connectivity index (χ3v) is 6.62. The van der Waals surface area contributed by atoms with E-state index in [4.69, 9.17) is 0 Å². The van der Waals surface area contributed by atoms with Crippen molar-refractivity contribution in [2.24, 2.45) is 23.2 Å². The van der Waals surface area contributed by atoms with Gasteiger partial charge in [0.15, 0.2) is 0 Å². The van der Waals surface area contributed by atoms with E-state index in [1.54, 1.807) is 0 Å². The minimum absolute atomic E-state index is 0.0171. The Morgan fingerprint density at radius 3 is 2.38 bits per heavy atom. The van der Waals surface area contributed by atoms with Crippen LogP contribution in [0.15, 0.2) is 36.4 Å². The lowest BCUT2D eigenvalue weighted by molar-refractivity contribution is -0.0503. The molecule has 1 heterocycles. The Hall–Kier alpha value is -1.90. The predicted octanol–water partition coefficient (Wildman–Crippen LogP) is 4.18. The van der Waals surface area contributed by atoms with Crippen LogP contribution in [0.3, 0.4) is 0 Å². The SMILES string of the molecule is O=C(NCC12CC3CC(CC(C3)C1)C2)c1ccc2ccccc2n1. The van der Waals surface area contributed by atoms with Crippen molar-refractivity contribution in [3.05, 3.63) is 42.1 Å². The zero-order valence-electron chi connectivity index (χ0n) is 14.0. The molecule has 0 aliphatic heterocycles. The zero-order chi connectivity index (χ0) is 16.1. The summed E-state index contributed by atoms with van der Waals surface area (Å²) in [6, 6.07) is 11.8. The van der Waals surface area contributed by atoms with Gasteiger partial charge in [-0.2, -0.15) is 0 Å². The maximum absolute atomic E-state index is 12.6. The van der Waals surface area contributed by atoms with Crippen LogP contribution in [0.25, 0.3) is 10.9 Å². The standard InChI is InChI=1S/C21H24N2O/c24-20(19-6-5-17-3-1-2-4-18(17)23-19)22-13-21-10-14-7-15(11-21)9-16(8-14)12-21/h1-6,14-16H,7-13H2,(H,22,24). The van der Waals surface area contributed by atoms with E-state index in [2.05, 4.69) is 10.3 Å². The lowest BCUT2D eigenvalue weighted by Crippen LogP contribution is -2.51. The molecule has 0 unspecified atom stereocenters. The topological polar surface area (TPSA) is 42.0 Å². The maximum Gasteiger partial charge on any atom is 0.269 e. The summed E-state index contributed by atoms with van der Waals surface area (Å²) in [6.07, 6.45) is 8.30. The van der Waals surface area contributed by atoms with E-state index in [1.165, 1.54) is 38.5 Å². The quantitative estimate of drug-likeness (QED) is 0.922. The van der Waals surface area contributed by atoms with Crippen molar-refractivity contribution in [1.82, 2.24) is 10.3 Å². The minimum Gasteiger partial charge on any atom is -0.350 e. The van der Waals surface area contributed by atoms with E-state index in [0.717, 1.165) is 35.2 Å². The zero-order valence-corrected chi connectivity index (χ0v) is 14.0. The molecule has 6 rings (SSSR count). The Kier molecular flexibility index (Phi) is 3.19. The largest absolute Gasteiger partial charge is 0.350 e. The first kappa shape index (κ1) is 14.4. The van der Waals surface area contributed by atoms with Crippen LogP contribution in [0.1, 0.15) is 49.0 Å². The summed E-state index contributed by atoms with van der Waals surface area (Å²) in [7, 11) is 0. The number of amides is 1. The molecule has 1 N–H and O–H groups in total. The maximum atomic E-state index is 12.6. The summed E-state index contributed by atoms with van der Waals surface area (Å²) in [5.41, 5.74) is 1.81. The summed E-state index contributed by atoms with van der Waals surface area (Å²) < 4.78 is 0. The average molecular weight is 320 g/mol. The fourth-order valence-corrected chi connectivity index (χ4v) is 6.06. The second kappa shape index (κ2) is 5.30. The monoisotopic (exact) mass is 320 g/mol. The van der Waals surface area contributed by atoms with E-state index in [0.29, 0.717) is 11.1 Å². The molecule has 124 valence electrons. The van der Waals surface area contributed by atoms with Crippen LogP contribution in [0.2, 0.25) is 0 Å². The number of rotatable bonds is 3. The van der Waals surface area contributed by atoms with Crippen LogP contribution < -0.4 is 5.32 Å². The summed E-state index contributed by atoms with van der Waals surface area (Å²) in [6.45, 7) is 0.837. The van der Waals surface area contributed by atoms with Crippen LogP contribution >= 0.6 is 0 Å². The molecule has 4 aliphatic carbocycles. The van der Waals surface area contributed by atoms with Gasteiger partial charge in [-0.25, -0.2) is 4.98 Å². The minimum atomic E-state index is -0.0171. The van der Waals surface area contributed by atoms with Gasteiger partial charge in [0.05, 0.1) is 5.52 Å². The molecule has 0 atom stereocenters. The number of fused-ring (bicyclic) bond motifs is 1. The van der Waals surface area contributed by atoms with Crippen molar-refractivity contribution < 1.29 is 4.79 Å². The number of hydrogen-bond donors (Lipinski definition) is 1. The molecule has 3 nitrogen and oxygen atoms in total. The third-order valence-electron chi connectivity index (χ3n) is 6.62. The van der Waals surface area contributed by atoms with Gasteiger partial charge in [-0.1, -0.05) is 24.3 Å². The van der Waals surface area contributed by atoms with Gasteiger partial charge in [0.2, 0.25) is 0 Å². The van der Waals surface area contributed by atoms with Gasteiger partial charge in [-0.05, 0) is 73.8 Å². The van der Waals surface area contributed by atoms with Crippen molar-refractivity contribution in [2.45, 2.75) is 38.5 Å². The lowest BCUT2D eigenvalue weighted by Gasteiger charge is -2.56. The Morgan fingerprint density at radius 1 is 1.00 bits per heavy atom. The normalized spacial score (nSPS) is 33.8. The number of carbonyl (C=O) groups excluding carboxylic acids is 1. The summed E-state index contributed by atoms with van der Waals surface area (Å²) >= 11 is 0. The molecule has 4 aliphatic rings. The highest BCUT2D eigenvalue weighted by Crippen LogP contribution is 2.59. The average Bonchev–Trinajstić information content (AvgIpc) is 2.58. The van der Waals surface area contributed by atoms with Gasteiger partial charge in [-0.15, -0.1) is 0 Å². The Bertz CT molecular complexity index is 762. The molecule has 0 saturated heterocycles. The number of benzene rings is 1. The van der Waals surface area contributed by atoms with Gasteiger partial charge < -0.3 is 5.32 Å². The number of nitrogens with zero attached hydrogens (tertiary/aromatic N) is 1. The fraction of sp³-hybridized carbons (Fsp3) is 0.524. The highest BCUT2D eigenvalue weighted by Gasteiger charge is 2.50. The van der Waals surface area contributed by atoms with Crippen molar-refractivity contribution in [1.29, 1.82) is 0 Å². The highest BCUT2D eigenvalue weighted by atomic mass is 16.1. The lowest BCUT2D eigenvalue weighted by atomic mass is 9.49. The molecule has 0 spiro atoms. The van der Waals surface area contributed by atoms with E-state index in [1.807, 2.05) is 36.4 Å². The molecule has 4 bridgehead atoms. The van der Waals surface area contributed by atoms with Crippen LogP contribution in [0.5, 0.6) is 0 Å². The number of aromatic nitrogens is 1. The number of para-hydroxylation sites is 1. The molecular formula is C21H24N2O. The first-order chi connectivity index (χ1) is 11.7. The van der Waals surface area contributed by atoms with E-state index in [-0.39, 0.29) is 5.91 Å².